The van der Waals surface area contributed by atoms with Gasteiger partial charge in [0.2, 0.25) is 0 Å². The molecule has 130 valence electrons. The predicted molar refractivity (Wildman–Crippen MR) is 102 cm³/mol. The normalized spacial score (nSPS) is 15.0. The lowest BCUT2D eigenvalue weighted by atomic mass is 10.1. The fraction of sp³-hybridized carbons (Fsp3) is 0.143. The van der Waals surface area contributed by atoms with Crippen LogP contribution in [0.1, 0.15) is 12.5 Å². The number of nitrogens with zero attached hydrogens (tertiary/aromatic N) is 2. The Balaban J connectivity index is 1.89. The Labute approximate surface area is 152 Å². The van der Waals surface area contributed by atoms with Crippen molar-refractivity contribution in [1.29, 1.82) is 0 Å². The molecule has 1 aliphatic rings. The topological polar surface area (TPSA) is 51.1 Å². The van der Waals surface area contributed by atoms with Gasteiger partial charge >= 0.3 is 0 Å². The number of ether oxygens (including phenoxy) is 2. The second-order valence-electron chi connectivity index (χ2n) is 5.60. The van der Waals surface area contributed by atoms with E-state index in [0.717, 1.165) is 11.3 Å². The van der Waals surface area contributed by atoms with Crippen molar-refractivity contribution in [2.45, 2.75) is 6.92 Å². The zero-order valence-corrected chi connectivity index (χ0v) is 14.6. The lowest BCUT2D eigenvalue weighted by Gasteiger charge is -2.11. The second-order valence-corrected chi connectivity index (χ2v) is 5.60. The average Bonchev–Trinajstić information content (AvgIpc) is 2.95. The number of methoxy groups -OCH3 is 1. The first-order valence-corrected chi connectivity index (χ1v) is 8.05. The van der Waals surface area contributed by atoms with Crippen molar-refractivity contribution in [3.63, 3.8) is 0 Å². The van der Waals surface area contributed by atoms with Crippen LogP contribution in [0.15, 0.2) is 59.2 Å². The van der Waals surface area contributed by atoms with Gasteiger partial charge in [-0.2, -0.15) is 10.1 Å². The molecule has 1 amide bonds. The van der Waals surface area contributed by atoms with E-state index < -0.39 is 0 Å². The molecule has 0 atom stereocenters. The van der Waals surface area contributed by atoms with E-state index in [1.165, 1.54) is 5.01 Å². The van der Waals surface area contributed by atoms with Gasteiger partial charge in [-0.25, -0.2) is 0 Å². The fourth-order valence-corrected chi connectivity index (χ4v) is 2.61. The number of hydrogen-bond donors (Lipinski definition) is 0. The fourth-order valence-electron chi connectivity index (χ4n) is 2.61. The van der Waals surface area contributed by atoms with Gasteiger partial charge in [-0.1, -0.05) is 30.2 Å². The summed E-state index contributed by atoms with van der Waals surface area (Å²) in [6, 6.07) is 14.7. The number of benzene rings is 2. The molecule has 0 fully saturated rings. The quantitative estimate of drug-likeness (QED) is 0.615. The molecule has 0 radical (unpaired) electrons. The molecule has 0 aliphatic carbocycles. The molecule has 0 spiro atoms. The van der Waals surface area contributed by atoms with Gasteiger partial charge in [0.1, 0.15) is 6.61 Å². The molecule has 5 heteroatoms. The number of terminal acetylenes is 1. The van der Waals surface area contributed by atoms with Crippen LogP contribution >= 0.6 is 0 Å². The van der Waals surface area contributed by atoms with Crippen LogP contribution in [0.3, 0.4) is 0 Å². The highest BCUT2D eigenvalue weighted by Gasteiger charge is 2.28. The van der Waals surface area contributed by atoms with Gasteiger partial charge in [0, 0.05) is 0 Å². The zero-order valence-electron chi connectivity index (χ0n) is 14.6. The van der Waals surface area contributed by atoms with Crippen molar-refractivity contribution in [3.8, 4) is 23.8 Å². The highest BCUT2D eigenvalue weighted by Crippen LogP contribution is 2.30. The van der Waals surface area contributed by atoms with E-state index in [1.54, 1.807) is 25.3 Å². The molecule has 2 aromatic rings. The summed E-state index contributed by atoms with van der Waals surface area (Å²) in [5, 5.41) is 5.78. The third kappa shape index (κ3) is 3.45. The van der Waals surface area contributed by atoms with Gasteiger partial charge < -0.3 is 9.47 Å². The van der Waals surface area contributed by atoms with Gasteiger partial charge in [0.05, 0.1) is 24.1 Å². The first-order valence-electron chi connectivity index (χ1n) is 8.05. The largest absolute Gasteiger partial charge is 0.493 e. The molecular formula is C21H18N2O3. The summed E-state index contributed by atoms with van der Waals surface area (Å²) in [5.74, 6) is 3.36. The van der Waals surface area contributed by atoms with E-state index in [2.05, 4.69) is 11.0 Å². The van der Waals surface area contributed by atoms with Gasteiger partial charge in [0.25, 0.3) is 5.91 Å². The molecule has 0 unspecified atom stereocenters. The van der Waals surface area contributed by atoms with Crippen molar-refractivity contribution in [3.05, 3.63) is 59.7 Å². The maximum absolute atomic E-state index is 12.7. The molecule has 0 saturated carbocycles. The number of rotatable bonds is 5. The van der Waals surface area contributed by atoms with Crippen LogP contribution in [0, 0.1) is 12.3 Å². The summed E-state index contributed by atoms with van der Waals surface area (Å²) in [5.41, 5.74) is 2.73. The molecule has 3 rings (SSSR count). The van der Waals surface area contributed by atoms with Crippen molar-refractivity contribution < 1.29 is 14.3 Å². The molecule has 5 nitrogen and oxygen atoms in total. The Morgan fingerprint density at radius 1 is 1.19 bits per heavy atom. The number of anilines is 1. The monoisotopic (exact) mass is 346 g/mol. The molecule has 0 aromatic heterocycles. The molecule has 1 heterocycles. The summed E-state index contributed by atoms with van der Waals surface area (Å²) < 4.78 is 10.8. The molecule has 2 aromatic carbocycles. The van der Waals surface area contributed by atoms with Crippen LogP contribution in [0.25, 0.3) is 6.08 Å². The Bertz CT molecular complexity index is 924. The predicted octanol–water partition coefficient (Wildman–Crippen LogP) is 3.51. The van der Waals surface area contributed by atoms with Crippen molar-refractivity contribution in [2.24, 2.45) is 5.10 Å². The smallest absolute Gasteiger partial charge is 0.280 e. The van der Waals surface area contributed by atoms with Crippen molar-refractivity contribution in [1.82, 2.24) is 0 Å². The highest BCUT2D eigenvalue weighted by atomic mass is 16.5. The first kappa shape index (κ1) is 17.3. The van der Waals surface area contributed by atoms with Crippen LogP contribution in [-0.4, -0.2) is 25.3 Å². The molecule has 1 aliphatic heterocycles. The summed E-state index contributed by atoms with van der Waals surface area (Å²) in [6.45, 7) is 1.97. The molecular weight excluding hydrogens is 328 g/mol. The standard InChI is InChI=1S/C21H18N2O3/c1-4-12-26-19-11-10-16(14-20(19)25-3)13-18-15(2)22-23(21(18)24)17-8-6-5-7-9-17/h1,5-11,13-14H,12H2,2-3H3/b18-13-. The Hall–Kier alpha value is -3.52. The van der Waals surface area contributed by atoms with Crippen LogP contribution < -0.4 is 14.5 Å². The minimum Gasteiger partial charge on any atom is -0.493 e. The number of amides is 1. The van der Waals surface area contributed by atoms with E-state index in [1.807, 2.05) is 43.3 Å². The highest BCUT2D eigenvalue weighted by molar-refractivity contribution is 6.32. The molecule has 0 N–H and O–H groups in total. The summed E-state index contributed by atoms with van der Waals surface area (Å²) in [7, 11) is 1.56. The van der Waals surface area contributed by atoms with E-state index in [-0.39, 0.29) is 12.5 Å². The van der Waals surface area contributed by atoms with Gasteiger partial charge in [0.15, 0.2) is 11.5 Å². The summed E-state index contributed by atoms with van der Waals surface area (Å²) in [6.07, 6.45) is 7.01. The van der Waals surface area contributed by atoms with Crippen LogP contribution in [-0.2, 0) is 4.79 Å². The first-order chi connectivity index (χ1) is 12.6. The molecule has 0 saturated heterocycles. The van der Waals surface area contributed by atoms with Crippen LogP contribution in [0.4, 0.5) is 5.69 Å². The molecule has 26 heavy (non-hydrogen) atoms. The number of para-hydroxylation sites is 1. The van der Waals surface area contributed by atoms with Crippen LogP contribution in [0.5, 0.6) is 11.5 Å². The SMILES string of the molecule is C#CCOc1ccc(/C=C2\C(=O)N(c3ccccc3)N=C2C)cc1OC. The van der Waals surface area contributed by atoms with Crippen molar-refractivity contribution in [2.75, 3.05) is 18.7 Å². The third-order valence-electron chi connectivity index (χ3n) is 3.87. The number of hydrogen-bond acceptors (Lipinski definition) is 4. The Kier molecular flexibility index (Phi) is 5.04. The van der Waals surface area contributed by atoms with Gasteiger partial charge in [-0.15, -0.1) is 6.42 Å². The maximum Gasteiger partial charge on any atom is 0.280 e. The maximum atomic E-state index is 12.7. The zero-order chi connectivity index (χ0) is 18.5. The van der Waals surface area contributed by atoms with Gasteiger partial charge in [-0.3, -0.25) is 4.79 Å². The number of carbonyl (C=O) groups is 1. The lowest BCUT2D eigenvalue weighted by Crippen LogP contribution is -2.21. The minimum absolute atomic E-state index is 0.160. The van der Waals surface area contributed by atoms with E-state index >= 15 is 0 Å². The number of hydrazone groups is 1. The Morgan fingerprint density at radius 2 is 1.96 bits per heavy atom. The van der Waals surface area contributed by atoms with Crippen molar-refractivity contribution >= 4 is 23.4 Å². The van der Waals surface area contributed by atoms with Gasteiger partial charge in [-0.05, 0) is 42.8 Å². The van der Waals surface area contributed by atoms with E-state index in [4.69, 9.17) is 15.9 Å². The van der Waals surface area contributed by atoms with Crippen LogP contribution in [0.2, 0.25) is 0 Å². The average molecular weight is 346 g/mol. The van der Waals surface area contributed by atoms with E-state index in [0.29, 0.717) is 22.8 Å². The lowest BCUT2D eigenvalue weighted by molar-refractivity contribution is -0.114. The second kappa shape index (κ2) is 7.58. The summed E-state index contributed by atoms with van der Waals surface area (Å²) in [4.78, 5) is 12.7. The number of carbonyl (C=O) groups excluding carboxylic acids is 1. The third-order valence-corrected chi connectivity index (χ3v) is 3.87. The summed E-state index contributed by atoms with van der Waals surface area (Å²) >= 11 is 0. The minimum atomic E-state index is -0.166. The Morgan fingerprint density at radius 3 is 2.65 bits per heavy atom. The molecule has 0 bridgehead atoms. The van der Waals surface area contributed by atoms with E-state index in [9.17, 15) is 4.79 Å².